The lowest BCUT2D eigenvalue weighted by Crippen LogP contribution is -2.23. The van der Waals surface area contributed by atoms with Gasteiger partial charge in [-0.2, -0.15) is 0 Å². The molecule has 0 saturated carbocycles. The van der Waals surface area contributed by atoms with Crippen molar-refractivity contribution in [3.63, 3.8) is 0 Å². The van der Waals surface area contributed by atoms with Crippen molar-refractivity contribution in [2.24, 2.45) is 0 Å². The third-order valence-electron chi connectivity index (χ3n) is 3.83. The summed E-state index contributed by atoms with van der Waals surface area (Å²) < 4.78 is 0. The van der Waals surface area contributed by atoms with Gasteiger partial charge in [0.2, 0.25) is 0 Å². The van der Waals surface area contributed by atoms with Crippen molar-refractivity contribution in [1.29, 1.82) is 0 Å². The third-order valence-corrected chi connectivity index (χ3v) is 3.83. The SMILES string of the molecule is CCNCC(Cc1cccc(C)c1)c1ccccc1C. The molecule has 2 aromatic rings. The zero-order valence-corrected chi connectivity index (χ0v) is 12.8. The Morgan fingerprint density at radius 2 is 1.80 bits per heavy atom. The number of rotatable bonds is 6. The molecule has 0 amide bonds. The van der Waals surface area contributed by atoms with Gasteiger partial charge in [0, 0.05) is 12.5 Å². The normalized spacial score (nSPS) is 12.3. The number of aryl methyl sites for hydroxylation is 2. The van der Waals surface area contributed by atoms with E-state index in [1.54, 1.807) is 0 Å². The topological polar surface area (TPSA) is 12.0 Å². The average Bonchev–Trinajstić information content (AvgIpc) is 2.44. The van der Waals surface area contributed by atoms with Crippen molar-refractivity contribution in [1.82, 2.24) is 5.32 Å². The zero-order chi connectivity index (χ0) is 14.4. The van der Waals surface area contributed by atoms with Crippen LogP contribution in [0.1, 0.15) is 35.1 Å². The van der Waals surface area contributed by atoms with Crippen LogP contribution in [0.2, 0.25) is 0 Å². The van der Waals surface area contributed by atoms with Gasteiger partial charge in [-0.1, -0.05) is 61.0 Å². The maximum atomic E-state index is 3.51. The Kier molecular flexibility index (Phi) is 5.37. The molecule has 0 aliphatic rings. The van der Waals surface area contributed by atoms with Gasteiger partial charge >= 0.3 is 0 Å². The van der Waals surface area contributed by atoms with Crippen LogP contribution in [0, 0.1) is 13.8 Å². The second-order valence-electron chi connectivity index (χ2n) is 5.55. The van der Waals surface area contributed by atoms with Crippen LogP contribution in [0.25, 0.3) is 0 Å². The first-order chi connectivity index (χ1) is 9.70. The van der Waals surface area contributed by atoms with Crippen LogP contribution in [0.15, 0.2) is 48.5 Å². The molecule has 0 fully saturated rings. The van der Waals surface area contributed by atoms with E-state index < -0.39 is 0 Å². The fraction of sp³-hybridized carbons (Fsp3) is 0.368. The minimum absolute atomic E-state index is 0.540. The van der Waals surface area contributed by atoms with Crippen LogP contribution in [-0.2, 0) is 6.42 Å². The average molecular weight is 267 g/mol. The zero-order valence-electron chi connectivity index (χ0n) is 12.8. The monoisotopic (exact) mass is 267 g/mol. The summed E-state index contributed by atoms with van der Waals surface area (Å²) in [5.74, 6) is 0.540. The van der Waals surface area contributed by atoms with Crippen LogP contribution in [0.3, 0.4) is 0 Å². The lowest BCUT2D eigenvalue weighted by Gasteiger charge is -2.20. The number of likely N-dealkylation sites (N-methyl/N-ethyl adjacent to an activating group) is 1. The molecule has 0 heterocycles. The van der Waals surface area contributed by atoms with E-state index in [1.165, 1.54) is 22.3 Å². The molecular formula is C19H25N. The standard InChI is InChI=1S/C19H25N/c1-4-20-14-18(19-11-6-5-9-16(19)3)13-17-10-7-8-15(2)12-17/h5-12,18,20H,4,13-14H2,1-3H3. The minimum atomic E-state index is 0.540. The number of hydrogen-bond donors (Lipinski definition) is 1. The summed E-state index contributed by atoms with van der Waals surface area (Å²) in [7, 11) is 0. The van der Waals surface area contributed by atoms with Crippen LogP contribution < -0.4 is 5.32 Å². The van der Waals surface area contributed by atoms with Crippen LogP contribution >= 0.6 is 0 Å². The number of hydrogen-bond acceptors (Lipinski definition) is 1. The van der Waals surface area contributed by atoms with Gasteiger partial charge in [-0.3, -0.25) is 0 Å². The van der Waals surface area contributed by atoms with Crippen molar-refractivity contribution >= 4 is 0 Å². The van der Waals surface area contributed by atoms with E-state index in [-0.39, 0.29) is 0 Å². The predicted molar refractivity (Wildman–Crippen MR) is 87.3 cm³/mol. The first-order valence-electron chi connectivity index (χ1n) is 7.52. The summed E-state index contributed by atoms with van der Waals surface area (Å²) in [6.45, 7) is 8.61. The molecule has 2 aromatic carbocycles. The molecule has 1 atom stereocenters. The van der Waals surface area contributed by atoms with Gasteiger partial charge in [0.25, 0.3) is 0 Å². The summed E-state index contributed by atoms with van der Waals surface area (Å²) in [4.78, 5) is 0. The maximum Gasteiger partial charge on any atom is 0.00233 e. The largest absolute Gasteiger partial charge is 0.316 e. The molecule has 1 unspecified atom stereocenters. The van der Waals surface area contributed by atoms with E-state index in [0.717, 1.165) is 19.5 Å². The van der Waals surface area contributed by atoms with Crippen molar-refractivity contribution in [2.45, 2.75) is 33.1 Å². The highest BCUT2D eigenvalue weighted by Gasteiger charge is 2.14. The van der Waals surface area contributed by atoms with Gasteiger partial charge in [0.05, 0.1) is 0 Å². The van der Waals surface area contributed by atoms with Crippen molar-refractivity contribution in [3.05, 3.63) is 70.8 Å². The molecule has 0 spiro atoms. The van der Waals surface area contributed by atoms with Crippen molar-refractivity contribution in [3.8, 4) is 0 Å². The van der Waals surface area contributed by atoms with Gasteiger partial charge in [-0.05, 0) is 43.5 Å². The highest BCUT2D eigenvalue weighted by molar-refractivity contribution is 5.32. The second-order valence-corrected chi connectivity index (χ2v) is 5.55. The smallest absolute Gasteiger partial charge is 0.00233 e. The summed E-state index contributed by atoms with van der Waals surface area (Å²) in [5.41, 5.74) is 5.63. The Balaban J connectivity index is 2.22. The van der Waals surface area contributed by atoms with E-state index in [1.807, 2.05) is 0 Å². The molecule has 1 N–H and O–H groups in total. The molecular weight excluding hydrogens is 242 g/mol. The fourth-order valence-electron chi connectivity index (χ4n) is 2.78. The Labute approximate surface area is 123 Å². The molecule has 0 aliphatic heterocycles. The minimum Gasteiger partial charge on any atom is -0.316 e. The summed E-state index contributed by atoms with van der Waals surface area (Å²) in [6.07, 6.45) is 1.10. The molecule has 2 rings (SSSR count). The Bertz CT molecular complexity index is 545. The molecule has 0 bridgehead atoms. The first kappa shape index (κ1) is 14.8. The highest BCUT2D eigenvalue weighted by Crippen LogP contribution is 2.23. The summed E-state index contributed by atoms with van der Waals surface area (Å²) in [6, 6.07) is 17.6. The Morgan fingerprint density at radius 1 is 1.00 bits per heavy atom. The molecule has 0 saturated heterocycles. The molecule has 106 valence electrons. The predicted octanol–water partition coefficient (Wildman–Crippen LogP) is 4.24. The molecule has 0 radical (unpaired) electrons. The quantitative estimate of drug-likeness (QED) is 0.825. The Morgan fingerprint density at radius 3 is 2.50 bits per heavy atom. The van der Waals surface area contributed by atoms with Gasteiger partial charge in [-0.15, -0.1) is 0 Å². The first-order valence-corrected chi connectivity index (χ1v) is 7.52. The molecule has 0 aliphatic carbocycles. The lowest BCUT2D eigenvalue weighted by molar-refractivity contribution is 0.592. The molecule has 0 aromatic heterocycles. The van der Waals surface area contributed by atoms with Crippen molar-refractivity contribution in [2.75, 3.05) is 13.1 Å². The molecule has 1 nitrogen and oxygen atoms in total. The highest BCUT2D eigenvalue weighted by atomic mass is 14.8. The van der Waals surface area contributed by atoms with Gasteiger partial charge in [-0.25, -0.2) is 0 Å². The van der Waals surface area contributed by atoms with E-state index in [0.29, 0.717) is 5.92 Å². The second kappa shape index (κ2) is 7.25. The number of nitrogens with one attached hydrogen (secondary N) is 1. The third kappa shape index (κ3) is 3.94. The van der Waals surface area contributed by atoms with Crippen LogP contribution in [0.5, 0.6) is 0 Å². The summed E-state index contributed by atoms with van der Waals surface area (Å²) in [5, 5.41) is 3.51. The maximum absolute atomic E-state index is 3.51. The van der Waals surface area contributed by atoms with Gasteiger partial charge in [0.1, 0.15) is 0 Å². The van der Waals surface area contributed by atoms with E-state index in [2.05, 4.69) is 74.6 Å². The van der Waals surface area contributed by atoms with Crippen molar-refractivity contribution < 1.29 is 0 Å². The summed E-state index contributed by atoms with van der Waals surface area (Å²) >= 11 is 0. The van der Waals surface area contributed by atoms with E-state index in [4.69, 9.17) is 0 Å². The van der Waals surface area contributed by atoms with E-state index in [9.17, 15) is 0 Å². The van der Waals surface area contributed by atoms with Crippen LogP contribution in [0.4, 0.5) is 0 Å². The van der Waals surface area contributed by atoms with Gasteiger partial charge in [0.15, 0.2) is 0 Å². The van der Waals surface area contributed by atoms with Crippen LogP contribution in [-0.4, -0.2) is 13.1 Å². The Hall–Kier alpha value is -1.60. The number of benzene rings is 2. The van der Waals surface area contributed by atoms with E-state index >= 15 is 0 Å². The van der Waals surface area contributed by atoms with Gasteiger partial charge < -0.3 is 5.32 Å². The lowest BCUT2D eigenvalue weighted by atomic mass is 9.88. The fourth-order valence-corrected chi connectivity index (χ4v) is 2.78. The molecule has 20 heavy (non-hydrogen) atoms. The molecule has 1 heteroatoms.